The van der Waals surface area contributed by atoms with Crippen LogP contribution in [0.5, 0.6) is 0 Å². The third kappa shape index (κ3) is 1.56. The Morgan fingerprint density at radius 2 is 1.91 bits per heavy atom. The fourth-order valence-corrected chi connectivity index (χ4v) is 1.27. The van der Waals surface area contributed by atoms with Crippen molar-refractivity contribution in [1.29, 1.82) is 0 Å². The van der Waals surface area contributed by atoms with Gasteiger partial charge in [-0.05, 0) is 12.9 Å². The van der Waals surface area contributed by atoms with Gasteiger partial charge in [0.2, 0.25) is 0 Å². The van der Waals surface area contributed by atoms with Crippen molar-refractivity contribution in [2.75, 3.05) is 0 Å². The quantitative estimate of drug-likeness (QED) is 0.319. The number of aliphatic hydroxyl groups excluding tert-OH is 3. The molecule has 5 heteroatoms. The normalized spacial score (nSPS) is 47.6. The van der Waals surface area contributed by atoms with E-state index in [-0.39, 0.29) is 0 Å². The van der Waals surface area contributed by atoms with Crippen LogP contribution in [0.25, 0.3) is 0 Å². The van der Waals surface area contributed by atoms with E-state index in [1.54, 1.807) is 0 Å². The van der Waals surface area contributed by atoms with Gasteiger partial charge in [-0.15, -0.1) is 0 Å². The summed E-state index contributed by atoms with van der Waals surface area (Å²) in [6.07, 6.45) is -2.69. The van der Waals surface area contributed by atoms with Crippen molar-refractivity contribution in [3.63, 3.8) is 0 Å². The number of nitrogens with one attached hydrogen (secondary N) is 1. The highest BCUT2D eigenvalue weighted by molar-refractivity contribution is 6.12. The van der Waals surface area contributed by atoms with Crippen LogP contribution >= 0.6 is 0 Å². The Bertz CT molecular complexity index is 144. The van der Waals surface area contributed by atoms with Gasteiger partial charge in [0.05, 0.1) is 32.2 Å². The average molecular weight is 157 g/mol. The Hall–Kier alpha value is -0.0951. The maximum Gasteiger partial charge on any atom is 0.0984 e. The van der Waals surface area contributed by atoms with Gasteiger partial charge in [-0.2, -0.15) is 0 Å². The van der Waals surface area contributed by atoms with Crippen LogP contribution in [0.1, 0.15) is 6.92 Å². The molecule has 1 aliphatic heterocycles. The summed E-state index contributed by atoms with van der Waals surface area (Å²) in [6, 6.07) is -0.528. The highest BCUT2D eigenvalue weighted by Crippen LogP contribution is 2.14. The SMILES string of the molecule is [B]C1NC(C(C)O)C(O)C1O. The fourth-order valence-electron chi connectivity index (χ4n) is 1.27. The molecule has 0 aliphatic carbocycles. The first kappa shape index (κ1) is 9.00. The molecule has 5 atom stereocenters. The molecule has 0 aromatic heterocycles. The van der Waals surface area contributed by atoms with Crippen LogP contribution in [-0.4, -0.2) is 53.5 Å². The lowest BCUT2D eigenvalue weighted by Gasteiger charge is -2.18. The van der Waals surface area contributed by atoms with Gasteiger partial charge in [0.15, 0.2) is 0 Å². The lowest BCUT2D eigenvalue weighted by Crippen LogP contribution is -2.42. The van der Waals surface area contributed by atoms with E-state index in [4.69, 9.17) is 18.1 Å². The highest BCUT2D eigenvalue weighted by Gasteiger charge is 2.40. The number of hydrogen-bond acceptors (Lipinski definition) is 4. The third-order valence-electron chi connectivity index (χ3n) is 1.99. The average Bonchev–Trinajstić information content (AvgIpc) is 2.17. The van der Waals surface area contributed by atoms with Gasteiger partial charge in [0.1, 0.15) is 0 Å². The van der Waals surface area contributed by atoms with Crippen molar-refractivity contribution in [2.24, 2.45) is 0 Å². The molecule has 4 N–H and O–H groups in total. The van der Waals surface area contributed by atoms with Crippen molar-refractivity contribution in [3.8, 4) is 0 Å². The summed E-state index contributed by atoms with van der Waals surface area (Å²) in [6.45, 7) is 1.53. The largest absolute Gasteiger partial charge is 0.392 e. The van der Waals surface area contributed by atoms with Crippen molar-refractivity contribution in [2.45, 2.75) is 37.2 Å². The van der Waals surface area contributed by atoms with E-state index in [1.165, 1.54) is 6.92 Å². The van der Waals surface area contributed by atoms with Gasteiger partial charge in [0.25, 0.3) is 0 Å². The standard InChI is InChI=1S/C6H12BNO3/c1-2(9)3-4(10)5(11)6(7)8-3/h2-6,8-11H,1H3. The minimum Gasteiger partial charge on any atom is -0.392 e. The fraction of sp³-hybridized carbons (Fsp3) is 1.00. The first-order chi connectivity index (χ1) is 5.04. The van der Waals surface area contributed by atoms with E-state index in [2.05, 4.69) is 5.32 Å². The molecule has 0 aromatic carbocycles. The van der Waals surface area contributed by atoms with Crippen LogP contribution in [0.15, 0.2) is 0 Å². The van der Waals surface area contributed by atoms with Gasteiger partial charge in [0, 0.05) is 0 Å². The van der Waals surface area contributed by atoms with Gasteiger partial charge >= 0.3 is 0 Å². The molecule has 1 heterocycles. The Balaban J connectivity index is 2.59. The zero-order valence-electron chi connectivity index (χ0n) is 6.31. The molecule has 0 amide bonds. The van der Waals surface area contributed by atoms with Gasteiger partial charge in [-0.1, -0.05) is 0 Å². The van der Waals surface area contributed by atoms with Crippen LogP contribution in [0.4, 0.5) is 0 Å². The maximum atomic E-state index is 9.25. The number of rotatable bonds is 1. The van der Waals surface area contributed by atoms with E-state index in [9.17, 15) is 5.11 Å². The summed E-state index contributed by atoms with van der Waals surface area (Å²) in [5, 5.41) is 30.1. The summed E-state index contributed by atoms with van der Waals surface area (Å²) in [7, 11) is 5.36. The van der Waals surface area contributed by atoms with Crippen molar-refractivity contribution in [3.05, 3.63) is 0 Å². The summed E-state index contributed by atoms with van der Waals surface area (Å²) in [4.78, 5) is 0. The topological polar surface area (TPSA) is 72.7 Å². The Labute approximate surface area is 66.6 Å². The maximum absolute atomic E-state index is 9.25. The molecule has 0 saturated carbocycles. The van der Waals surface area contributed by atoms with Crippen LogP contribution in [0, 0.1) is 0 Å². The first-order valence-corrected chi connectivity index (χ1v) is 3.60. The van der Waals surface area contributed by atoms with E-state index < -0.39 is 30.3 Å². The molecule has 1 fully saturated rings. The third-order valence-corrected chi connectivity index (χ3v) is 1.99. The van der Waals surface area contributed by atoms with Crippen molar-refractivity contribution < 1.29 is 15.3 Å². The summed E-state index contributed by atoms with van der Waals surface area (Å²) >= 11 is 0. The van der Waals surface area contributed by atoms with Gasteiger partial charge in [-0.3, -0.25) is 0 Å². The lowest BCUT2D eigenvalue weighted by molar-refractivity contribution is 0.00946. The second-order valence-electron chi connectivity index (χ2n) is 2.94. The zero-order chi connectivity index (χ0) is 8.59. The molecule has 11 heavy (non-hydrogen) atoms. The van der Waals surface area contributed by atoms with E-state index in [0.29, 0.717) is 0 Å². The smallest absolute Gasteiger partial charge is 0.0984 e. The molecule has 0 bridgehead atoms. The molecule has 4 nitrogen and oxygen atoms in total. The van der Waals surface area contributed by atoms with Crippen molar-refractivity contribution >= 4 is 7.85 Å². The predicted octanol–water partition coefficient (Wildman–Crippen LogP) is -2.44. The Morgan fingerprint density at radius 1 is 1.36 bits per heavy atom. The number of aliphatic hydroxyl groups is 3. The van der Waals surface area contributed by atoms with Crippen LogP contribution < -0.4 is 5.32 Å². The number of hydrogen-bond donors (Lipinski definition) is 4. The van der Waals surface area contributed by atoms with E-state index in [1.807, 2.05) is 0 Å². The summed E-state index contributed by atoms with van der Waals surface area (Å²) < 4.78 is 0. The van der Waals surface area contributed by atoms with Gasteiger partial charge in [-0.25, -0.2) is 0 Å². The van der Waals surface area contributed by atoms with Crippen LogP contribution in [-0.2, 0) is 0 Å². The minimum atomic E-state index is -0.991. The molecular weight excluding hydrogens is 145 g/mol. The second-order valence-corrected chi connectivity index (χ2v) is 2.94. The van der Waals surface area contributed by atoms with Gasteiger partial charge < -0.3 is 20.6 Å². The summed E-state index contributed by atoms with van der Waals surface area (Å²) in [5.74, 6) is -0.649. The second kappa shape index (κ2) is 3.10. The first-order valence-electron chi connectivity index (χ1n) is 3.60. The van der Waals surface area contributed by atoms with E-state index >= 15 is 0 Å². The van der Waals surface area contributed by atoms with Crippen LogP contribution in [0.2, 0.25) is 0 Å². The van der Waals surface area contributed by atoms with E-state index in [0.717, 1.165) is 0 Å². The highest BCUT2D eigenvalue weighted by atomic mass is 16.3. The monoisotopic (exact) mass is 157 g/mol. The summed E-state index contributed by atoms with van der Waals surface area (Å²) in [5.41, 5.74) is 0. The molecule has 0 aromatic rings. The minimum absolute atomic E-state index is 0.528. The molecule has 0 spiro atoms. The zero-order valence-corrected chi connectivity index (χ0v) is 6.31. The lowest BCUT2D eigenvalue weighted by atomic mass is 9.91. The van der Waals surface area contributed by atoms with Crippen molar-refractivity contribution in [1.82, 2.24) is 5.32 Å². The van der Waals surface area contributed by atoms with Crippen LogP contribution in [0.3, 0.4) is 0 Å². The molecule has 62 valence electrons. The molecular formula is C6H12BNO3. The molecule has 1 aliphatic rings. The molecule has 2 radical (unpaired) electrons. The Kier molecular flexibility index (Phi) is 2.54. The molecule has 5 unspecified atom stereocenters. The predicted molar refractivity (Wildman–Crippen MR) is 40.2 cm³/mol. The molecule has 1 rings (SSSR count). The molecule has 1 saturated heterocycles. The Morgan fingerprint density at radius 3 is 2.09 bits per heavy atom.